The molecule has 2 saturated heterocycles. The minimum Gasteiger partial charge on any atom is -0.454 e. The van der Waals surface area contributed by atoms with E-state index < -0.39 is 0 Å². The average Bonchev–Trinajstić information content (AvgIpc) is 3.63. The molecule has 1 aromatic carbocycles. The zero-order valence-electron chi connectivity index (χ0n) is 20.1. The van der Waals surface area contributed by atoms with Crippen LogP contribution in [0.25, 0.3) is 11.7 Å². The van der Waals surface area contributed by atoms with E-state index in [0.29, 0.717) is 44.3 Å². The number of aryl methyl sites for hydroxylation is 1. The number of hydrogen-bond acceptors (Lipinski definition) is 9. The number of benzene rings is 1. The zero-order valence-corrected chi connectivity index (χ0v) is 21.7. The van der Waals surface area contributed by atoms with E-state index in [-0.39, 0.29) is 30.9 Å². The molecule has 190 valence electrons. The van der Waals surface area contributed by atoms with Crippen LogP contribution in [0.15, 0.2) is 46.2 Å². The van der Waals surface area contributed by atoms with Crippen LogP contribution in [0.3, 0.4) is 0 Å². The van der Waals surface area contributed by atoms with Crippen molar-refractivity contribution in [1.29, 1.82) is 0 Å². The van der Waals surface area contributed by atoms with Crippen molar-refractivity contribution in [2.24, 2.45) is 0 Å². The first kappa shape index (κ1) is 24.0. The van der Waals surface area contributed by atoms with Crippen LogP contribution in [-0.4, -0.2) is 50.6 Å². The van der Waals surface area contributed by atoms with Crippen LogP contribution in [0, 0.1) is 6.92 Å². The zero-order chi connectivity index (χ0) is 25.5. The van der Waals surface area contributed by atoms with Gasteiger partial charge in [0.25, 0.3) is 11.5 Å². The molecule has 6 rings (SSSR count). The SMILES string of the molecule is Cc1ccc2nc(NCC3CCCO3)c(/C=C3/SC(=S)N(Cc4ccc5c(c4)OCO5)C3=O)c(=O)n2c1. The van der Waals surface area contributed by atoms with E-state index in [1.807, 2.05) is 37.3 Å². The Morgan fingerprint density at radius 1 is 1.22 bits per heavy atom. The van der Waals surface area contributed by atoms with Gasteiger partial charge in [-0.25, -0.2) is 4.98 Å². The largest absolute Gasteiger partial charge is 0.454 e. The second kappa shape index (κ2) is 9.81. The molecule has 5 heterocycles. The number of pyridine rings is 1. The Kier molecular flexibility index (Phi) is 6.35. The fourth-order valence-corrected chi connectivity index (χ4v) is 5.77. The normalized spacial score (nSPS) is 20.0. The highest BCUT2D eigenvalue weighted by Crippen LogP contribution is 2.36. The number of amides is 1. The van der Waals surface area contributed by atoms with Gasteiger partial charge in [0.15, 0.2) is 11.5 Å². The molecule has 1 amide bonds. The number of hydrogen-bond donors (Lipinski definition) is 1. The third kappa shape index (κ3) is 4.70. The van der Waals surface area contributed by atoms with E-state index in [9.17, 15) is 9.59 Å². The summed E-state index contributed by atoms with van der Waals surface area (Å²) in [6, 6.07) is 9.26. The van der Waals surface area contributed by atoms with Crippen molar-refractivity contribution in [2.75, 3.05) is 25.3 Å². The molecule has 0 saturated carbocycles. The van der Waals surface area contributed by atoms with E-state index >= 15 is 0 Å². The van der Waals surface area contributed by atoms with Gasteiger partial charge in [-0.1, -0.05) is 36.1 Å². The summed E-state index contributed by atoms with van der Waals surface area (Å²) < 4.78 is 18.5. The molecule has 2 aromatic heterocycles. The van der Waals surface area contributed by atoms with Gasteiger partial charge in [-0.2, -0.15) is 0 Å². The third-order valence-corrected chi connectivity index (χ3v) is 7.83. The van der Waals surface area contributed by atoms with Crippen molar-refractivity contribution in [3.63, 3.8) is 0 Å². The summed E-state index contributed by atoms with van der Waals surface area (Å²) in [5.41, 5.74) is 2.37. The third-order valence-electron chi connectivity index (χ3n) is 6.45. The maximum Gasteiger partial charge on any atom is 0.267 e. The average molecular weight is 537 g/mol. The van der Waals surface area contributed by atoms with Gasteiger partial charge >= 0.3 is 0 Å². The monoisotopic (exact) mass is 536 g/mol. The van der Waals surface area contributed by atoms with Crippen molar-refractivity contribution in [2.45, 2.75) is 32.4 Å². The maximum absolute atomic E-state index is 13.6. The van der Waals surface area contributed by atoms with Crippen molar-refractivity contribution >= 4 is 51.7 Å². The summed E-state index contributed by atoms with van der Waals surface area (Å²) >= 11 is 6.71. The summed E-state index contributed by atoms with van der Waals surface area (Å²) in [5, 5.41) is 3.29. The standard InChI is InChI=1S/C26H24N4O5S2/c1-15-4-7-22-28-23(27-11-17-3-2-8-33-17)18(24(31)29(22)12-15)10-21-25(32)30(26(36)37-21)13-16-5-6-19-20(9-16)35-14-34-19/h4-7,9-10,12,17,27H,2-3,8,11,13-14H2,1H3/b21-10+. The molecule has 0 bridgehead atoms. The van der Waals surface area contributed by atoms with Crippen LogP contribution >= 0.6 is 24.0 Å². The molecule has 0 spiro atoms. The summed E-state index contributed by atoms with van der Waals surface area (Å²) in [6.45, 7) is 3.65. The highest BCUT2D eigenvalue weighted by molar-refractivity contribution is 8.26. The quantitative estimate of drug-likeness (QED) is 0.374. The predicted molar refractivity (Wildman–Crippen MR) is 145 cm³/mol. The van der Waals surface area contributed by atoms with Gasteiger partial charge in [-0.15, -0.1) is 0 Å². The fraction of sp³-hybridized carbons (Fsp3) is 0.308. The molecular weight excluding hydrogens is 512 g/mol. The second-order valence-corrected chi connectivity index (χ2v) is 10.8. The van der Waals surface area contributed by atoms with E-state index in [2.05, 4.69) is 5.32 Å². The Morgan fingerprint density at radius 3 is 2.92 bits per heavy atom. The molecule has 37 heavy (non-hydrogen) atoms. The minimum atomic E-state index is -0.260. The lowest BCUT2D eigenvalue weighted by Gasteiger charge is -2.15. The van der Waals surface area contributed by atoms with Crippen LogP contribution in [0.2, 0.25) is 0 Å². The minimum absolute atomic E-state index is 0.0611. The number of anilines is 1. The van der Waals surface area contributed by atoms with Gasteiger partial charge in [0.05, 0.1) is 23.1 Å². The number of rotatable bonds is 6. The second-order valence-electron chi connectivity index (χ2n) is 9.09. The molecule has 3 aliphatic heterocycles. The Bertz CT molecular complexity index is 1510. The molecule has 0 radical (unpaired) electrons. The van der Waals surface area contributed by atoms with Gasteiger partial charge in [0.2, 0.25) is 6.79 Å². The lowest BCUT2D eigenvalue weighted by atomic mass is 10.2. The van der Waals surface area contributed by atoms with E-state index in [0.717, 1.165) is 30.6 Å². The number of carbonyl (C=O) groups is 1. The summed E-state index contributed by atoms with van der Waals surface area (Å²) in [4.78, 5) is 33.6. The maximum atomic E-state index is 13.6. The number of nitrogens with zero attached hydrogens (tertiary/aromatic N) is 3. The highest BCUT2D eigenvalue weighted by atomic mass is 32.2. The number of thiocarbonyl (C=S) groups is 1. The number of fused-ring (bicyclic) bond motifs is 2. The van der Waals surface area contributed by atoms with Crippen LogP contribution in [0.4, 0.5) is 5.82 Å². The molecule has 0 aliphatic carbocycles. The molecule has 3 aliphatic rings. The van der Waals surface area contributed by atoms with Gasteiger partial charge < -0.3 is 19.5 Å². The molecule has 9 nitrogen and oxygen atoms in total. The Labute approximate surface area is 222 Å². The van der Waals surface area contributed by atoms with E-state index in [1.54, 1.807) is 12.3 Å². The smallest absolute Gasteiger partial charge is 0.267 e. The molecule has 1 N–H and O–H groups in total. The first-order chi connectivity index (χ1) is 18.0. The molecular formula is C26H24N4O5S2. The number of carbonyl (C=O) groups excluding carboxylic acids is 1. The Morgan fingerprint density at radius 2 is 2.08 bits per heavy atom. The van der Waals surface area contributed by atoms with Crippen molar-refractivity contribution in [3.05, 3.63) is 68.5 Å². The predicted octanol–water partition coefficient (Wildman–Crippen LogP) is 3.72. The molecule has 11 heteroatoms. The summed E-state index contributed by atoms with van der Waals surface area (Å²) in [6.07, 6.45) is 5.37. The number of aromatic nitrogens is 2. The van der Waals surface area contributed by atoms with Crippen LogP contribution in [0.1, 0.15) is 29.5 Å². The van der Waals surface area contributed by atoms with Crippen molar-refractivity contribution < 1.29 is 19.0 Å². The van der Waals surface area contributed by atoms with Gasteiger partial charge in [0.1, 0.15) is 15.8 Å². The molecule has 1 unspecified atom stereocenters. The van der Waals surface area contributed by atoms with Crippen molar-refractivity contribution in [1.82, 2.24) is 14.3 Å². The highest BCUT2D eigenvalue weighted by Gasteiger charge is 2.33. The number of ether oxygens (including phenoxy) is 3. The Balaban J connectivity index is 1.33. The summed E-state index contributed by atoms with van der Waals surface area (Å²) in [5.74, 6) is 1.49. The first-order valence-corrected chi connectivity index (χ1v) is 13.2. The molecule has 3 aromatic rings. The lowest BCUT2D eigenvalue weighted by Crippen LogP contribution is -2.27. The molecule has 2 fully saturated rings. The Hall–Kier alpha value is -3.41. The fourth-order valence-electron chi connectivity index (χ4n) is 4.53. The first-order valence-electron chi connectivity index (χ1n) is 12.0. The summed E-state index contributed by atoms with van der Waals surface area (Å²) in [7, 11) is 0. The van der Waals surface area contributed by atoms with Crippen molar-refractivity contribution in [3.8, 4) is 11.5 Å². The topological polar surface area (TPSA) is 94.4 Å². The van der Waals surface area contributed by atoms with Gasteiger partial charge in [0, 0.05) is 19.3 Å². The van der Waals surface area contributed by atoms with Crippen LogP contribution in [0.5, 0.6) is 11.5 Å². The van der Waals surface area contributed by atoms with Crippen LogP contribution < -0.4 is 20.3 Å². The van der Waals surface area contributed by atoms with Crippen LogP contribution in [-0.2, 0) is 16.1 Å². The van der Waals surface area contributed by atoms with E-state index in [4.69, 9.17) is 31.4 Å². The van der Waals surface area contributed by atoms with E-state index in [1.165, 1.54) is 21.1 Å². The molecule has 1 atom stereocenters. The number of nitrogens with one attached hydrogen (secondary N) is 1. The van der Waals surface area contributed by atoms with Gasteiger partial charge in [-0.05, 0) is 55.2 Å². The van der Waals surface area contributed by atoms with Gasteiger partial charge in [-0.3, -0.25) is 18.9 Å². The number of thioether (sulfide) groups is 1. The lowest BCUT2D eigenvalue weighted by molar-refractivity contribution is -0.122.